The van der Waals surface area contributed by atoms with Crippen molar-refractivity contribution in [1.82, 2.24) is 24.6 Å². The lowest BCUT2D eigenvalue weighted by Crippen LogP contribution is -2.38. The second-order valence-electron chi connectivity index (χ2n) is 7.80. The van der Waals surface area contributed by atoms with E-state index in [-0.39, 0.29) is 11.7 Å². The maximum absolute atomic E-state index is 13.2. The van der Waals surface area contributed by atoms with Crippen molar-refractivity contribution in [3.05, 3.63) is 71.1 Å². The van der Waals surface area contributed by atoms with Crippen LogP contribution in [0.2, 0.25) is 0 Å². The first-order chi connectivity index (χ1) is 15.5. The number of carbonyl (C=O) groups is 1. The number of rotatable bonds is 4. The molecule has 0 spiro atoms. The van der Waals surface area contributed by atoms with Gasteiger partial charge < -0.3 is 14.4 Å². The highest BCUT2D eigenvalue weighted by molar-refractivity contribution is 7.13. The third-order valence-corrected chi connectivity index (χ3v) is 6.39. The third-order valence-electron chi connectivity index (χ3n) is 5.50. The molecule has 162 valence electrons. The Hall–Kier alpha value is -3.59. The summed E-state index contributed by atoms with van der Waals surface area (Å²) in [6.45, 7) is 1.57. The number of thiazole rings is 1. The van der Waals surface area contributed by atoms with E-state index in [9.17, 15) is 9.18 Å². The van der Waals surface area contributed by atoms with Crippen molar-refractivity contribution in [1.29, 1.82) is 0 Å². The van der Waals surface area contributed by atoms with Gasteiger partial charge in [-0.3, -0.25) is 4.79 Å². The Balaban J connectivity index is 1.34. The van der Waals surface area contributed by atoms with Crippen LogP contribution in [0.3, 0.4) is 0 Å². The summed E-state index contributed by atoms with van der Waals surface area (Å²) < 4.78 is 15.2. The molecule has 2 aromatic carbocycles. The van der Waals surface area contributed by atoms with Crippen molar-refractivity contribution < 1.29 is 9.18 Å². The van der Waals surface area contributed by atoms with Crippen molar-refractivity contribution in [2.24, 2.45) is 0 Å². The van der Waals surface area contributed by atoms with E-state index in [1.165, 1.54) is 23.5 Å². The molecule has 1 aliphatic heterocycles. The number of carbonyl (C=O) groups excluding carboxylic acids is 1. The van der Waals surface area contributed by atoms with Crippen LogP contribution in [-0.2, 0) is 13.1 Å². The summed E-state index contributed by atoms with van der Waals surface area (Å²) in [6, 6.07) is 13.9. The lowest BCUT2D eigenvalue weighted by atomic mass is 10.1. The van der Waals surface area contributed by atoms with Crippen LogP contribution in [0.4, 0.5) is 10.1 Å². The highest BCUT2D eigenvalue weighted by atomic mass is 32.1. The summed E-state index contributed by atoms with van der Waals surface area (Å²) in [7, 11) is 3.94. The molecule has 5 rings (SSSR count). The smallest absolute Gasteiger partial charge is 0.254 e. The molecule has 1 aliphatic rings. The molecule has 4 aromatic rings. The zero-order valence-electron chi connectivity index (χ0n) is 17.7. The van der Waals surface area contributed by atoms with Gasteiger partial charge in [0.1, 0.15) is 16.5 Å². The van der Waals surface area contributed by atoms with Crippen molar-refractivity contribution in [3.63, 3.8) is 0 Å². The fourth-order valence-corrected chi connectivity index (χ4v) is 4.51. The molecule has 0 saturated carbocycles. The van der Waals surface area contributed by atoms with E-state index in [1.54, 1.807) is 17.0 Å². The van der Waals surface area contributed by atoms with Crippen LogP contribution in [0.15, 0.2) is 53.9 Å². The quantitative estimate of drug-likeness (QED) is 0.473. The van der Waals surface area contributed by atoms with Gasteiger partial charge in [0.05, 0.1) is 6.54 Å². The number of hydrogen-bond donors (Lipinski definition) is 0. The van der Waals surface area contributed by atoms with Gasteiger partial charge in [0.15, 0.2) is 11.6 Å². The second-order valence-corrected chi connectivity index (χ2v) is 8.66. The van der Waals surface area contributed by atoms with Crippen LogP contribution in [0.5, 0.6) is 0 Å². The molecule has 0 N–H and O–H groups in total. The van der Waals surface area contributed by atoms with E-state index in [2.05, 4.69) is 15.2 Å². The Labute approximate surface area is 188 Å². The molecule has 0 bridgehead atoms. The summed E-state index contributed by atoms with van der Waals surface area (Å²) in [5.41, 5.74) is 3.30. The standard InChI is InChI=1S/C23H21FN6OS/c1-28(2)18-9-5-16(6-10-18)23(31)29-11-12-30-20(13-29)26-27-21(30)19-14-32-22(25-19)15-3-7-17(24)8-4-15/h3-10,14H,11-13H2,1-2H3. The zero-order chi connectivity index (χ0) is 22.2. The number of hydrogen-bond acceptors (Lipinski definition) is 6. The average molecular weight is 449 g/mol. The Bertz CT molecular complexity index is 1260. The summed E-state index contributed by atoms with van der Waals surface area (Å²) in [5.74, 6) is 1.14. The number of anilines is 1. The van der Waals surface area contributed by atoms with E-state index in [0.29, 0.717) is 31.0 Å². The number of nitrogens with zero attached hydrogens (tertiary/aromatic N) is 6. The van der Waals surface area contributed by atoms with Gasteiger partial charge in [0, 0.05) is 49.4 Å². The van der Waals surface area contributed by atoms with E-state index < -0.39 is 0 Å². The number of amides is 1. The maximum atomic E-state index is 13.2. The molecule has 2 aromatic heterocycles. The molecule has 7 nitrogen and oxygen atoms in total. The summed E-state index contributed by atoms with van der Waals surface area (Å²) >= 11 is 1.48. The first-order valence-electron chi connectivity index (χ1n) is 10.2. The normalized spacial score (nSPS) is 13.2. The number of benzene rings is 2. The van der Waals surface area contributed by atoms with Gasteiger partial charge >= 0.3 is 0 Å². The van der Waals surface area contributed by atoms with Crippen molar-refractivity contribution in [2.75, 3.05) is 25.5 Å². The topological polar surface area (TPSA) is 67.2 Å². The second kappa shape index (κ2) is 8.16. The average Bonchev–Trinajstić information content (AvgIpc) is 3.46. The molecule has 0 saturated heterocycles. The molecule has 1 amide bonds. The van der Waals surface area contributed by atoms with E-state index >= 15 is 0 Å². The first-order valence-corrected chi connectivity index (χ1v) is 11.1. The van der Waals surface area contributed by atoms with Crippen LogP contribution >= 0.6 is 11.3 Å². The number of fused-ring (bicyclic) bond motifs is 1. The van der Waals surface area contributed by atoms with Gasteiger partial charge in [-0.2, -0.15) is 0 Å². The maximum Gasteiger partial charge on any atom is 0.254 e. The van der Waals surface area contributed by atoms with Crippen LogP contribution in [-0.4, -0.2) is 51.2 Å². The molecular weight excluding hydrogens is 427 g/mol. The molecule has 0 atom stereocenters. The lowest BCUT2D eigenvalue weighted by molar-refractivity contribution is 0.0708. The summed E-state index contributed by atoms with van der Waals surface area (Å²) in [5, 5.41) is 11.4. The van der Waals surface area contributed by atoms with Crippen molar-refractivity contribution >= 4 is 22.9 Å². The third kappa shape index (κ3) is 3.75. The molecule has 32 heavy (non-hydrogen) atoms. The van der Waals surface area contributed by atoms with Crippen LogP contribution in [0, 0.1) is 5.82 Å². The molecule has 9 heteroatoms. The largest absolute Gasteiger partial charge is 0.378 e. The van der Waals surface area contributed by atoms with Gasteiger partial charge in [-0.1, -0.05) is 0 Å². The fourth-order valence-electron chi connectivity index (χ4n) is 3.71. The molecule has 3 heterocycles. The van der Waals surface area contributed by atoms with Crippen LogP contribution in [0.1, 0.15) is 16.2 Å². The minimum atomic E-state index is -0.273. The Kier molecular flexibility index (Phi) is 5.18. The zero-order valence-corrected chi connectivity index (χ0v) is 18.5. The Morgan fingerprint density at radius 2 is 1.78 bits per heavy atom. The highest BCUT2D eigenvalue weighted by Gasteiger charge is 2.26. The van der Waals surface area contributed by atoms with Crippen molar-refractivity contribution in [2.45, 2.75) is 13.1 Å². The van der Waals surface area contributed by atoms with Crippen LogP contribution in [0.25, 0.3) is 22.1 Å². The summed E-state index contributed by atoms with van der Waals surface area (Å²) in [6.07, 6.45) is 0. The first kappa shape index (κ1) is 20.3. The van der Waals surface area contributed by atoms with Gasteiger partial charge in [-0.15, -0.1) is 21.5 Å². The Morgan fingerprint density at radius 1 is 1.03 bits per heavy atom. The SMILES string of the molecule is CN(C)c1ccc(C(=O)N2CCn3c(nnc3-c3csc(-c4ccc(F)cc4)n3)C2)cc1. The van der Waals surface area contributed by atoms with Crippen molar-refractivity contribution in [3.8, 4) is 22.1 Å². The predicted octanol–water partition coefficient (Wildman–Crippen LogP) is 3.93. The fraction of sp³-hybridized carbons (Fsp3) is 0.217. The Morgan fingerprint density at radius 3 is 2.50 bits per heavy atom. The molecule has 0 fully saturated rings. The van der Waals surface area contributed by atoms with E-state index in [0.717, 1.165) is 27.8 Å². The minimum Gasteiger partial charge on any atom is -0.378 e. The monoisotopic (exact) mass is 448 g/mol. The molecule has 0 aliphatic carbocycles. The summed E-state index contributed by atoms with van der Waals surface area (Å²) in [4.78, 5) is 21.4. The lowest BCUT2D eigenvalue weighted by Gasteiger charge is -2.28. The molecule has 0 unspecified atom stereocenters. The number of aromatic nitrogens is 4. The molecule has 0 radical (unpaired) electrons. The van der Waals surface area contributed by atoms with Gasteiger partial charge in [0.25, 0.3) is 5.91 Å². The van der Waals surface area contributed by atoms with Gasteiger partial charge in [0.2, 0.25) is 0 Å². The highest BCUT2D eigenvalue weighted by Crippen LogP contribution is 2.29. The molecular formula is C23H21FN6OS. The van der Waals surface area contributed by atoms with Gasteiger partial charge in [-0.05, 0) is 48.5 Å². The van der Waals surface area contributed by atoms with Gasteiger partial charge in [-0.25, -0.2) is 9.37 Å². The van der Waals surface area contributed by atoms with Crippen LogP contribution < -0.4 is 4.90 Å². The van der Waals surface area contributed by atoms with E-state index in [1.807, 2.05) is 53.2 Å². The minimum absolute atomic E-state index is 0.0154. The number of halogens is 1. The van der Waals surface area contributed by atoms with E-state index in [4.69, 9.17) is 0 Å². The predicted molar refractivity (Wildman–Crippen MR) is 122 cm³/mol.